The van der Waals surface area contributed by atoms with Crippen molar-refractivity contribution in [1.82, 2.24) is 15.5 Å². The van der Waals surface area contributed by atoms with Gasteiger partial charge in [0.05, 0.1) is 6.04 Å². The van der Waals surface area contributed by atoms with Crippen molar-refractivity contribution in [2.45, 2.75) is 95.9 Å². The number of amides is 1. The van der Waals surface area contributed by atoms with Gasteiger partial charge in [-0.05, 0) is 50.8 Å². The van der Waals surface area contributed by atoms with E-state index in [-0.39, 0.29) is 18.0 Å². The molecule has 2 atom stereocenters. The molecule has 1 aliphatic carbocycles. The van der Waals surface area contributed by atoms with Gasteiger partial charge in [0, 0.05) is 36.2 Å². The van der Waals surface area contributed by atoms with E-state index in [0.29, 0.717) is 12.1 Å². The van der Waals surface area contributed by atoms with Crippen molar-refractivity contribution >= 4 is 17.5 Å². The molecule has 1 aromatic carbocycles. The second kappa shape index (κ2) is 10.6. The molecule has 3 rings (SSSR count). The summed E-state index contributed by atoms with van der Waals surface area (Å²) < 4.78 is 0. The zero-order chi connectivity index (χ0) is 19.9. The van der Waals surface area contributed by atoms with Gasteiger partial charge in [-0.3, -0.25) is 9.69 Å². The highest BCUT2D eigenvalue weighted by Crippen LogP contribution is 2.24. The second-order valence-electron chi connectivity index (χ2n) is 8.88. The van der Waals surface area contributed by atoms with Crippen LogP contribution in [0.25, 0.3) is 0 Å². The van der Waals surface area contributed by atoms with Gasteiger partial charge < -0.3 is 10.6 Å². The van der Waals surface area contributed by atoms with Crippen molar-refractivity contribution in [2.75, 3.05) is 6.54 Å². The van der Waals surface area contributed by atoms with E-state index in [9.17, 15) is 4.79 Å². The maximum atomic E-state index is 12.8. The minimum Gasteiger partial charge on any atom is -0.353 e. The molecular weight excluding hydrogens is 370 g/mol. The van der Waals surface area contributed by atoms with Crippen LogP contribution in [-0.2, 0) is 11.3 Å². The number of benzene rings is 1. The number of hydrogen-bond acceptors (Lipinski definition) is 3. The van der Waals surface area contributed by atoms with Crippen LogP contribution in [-0.4, -0.2) is 41.5 Å². The van der Waals surface area contributed by atoms with Crippen molar-refractivity contribution in [1.29, 1.82) is 0 Å². The number of carbonyl (C=O) groups is 1. The van der Waals surface area contributed by atoms with Crippen molar-refractivity contribution in [3.63, 3.8) is 0 Å². The van der Waals surface area contributed by atoms with Gasteiger partial charge in [0.2, 0.25) is 5.91 Å². The van der Waals surface area contributed by atoms with Crippen LogP contribution in [0.2, 0.25) is 5.02 Å². The molecule has 0 aromatic heterocycles. The summed E-state index contributed by atoms with van der Waals surface area (Å²) in [5.74, 6) is 0.158. The summed E-state index contributed by atoms with van der Waals surface area (Å²) in [6, 6.07) is 9.09. The molecule has 156 valence electrons. The van der Waals surface area contributed by atoms with Crippen LogP contribution in [0.3, 0.4) is 0 Å². The quantitative estimate of drug-likeness (QED) is 0.731. The topological polar surface area (TPSA) is 44.4 Å². The molecule has 2 aliphatic rings. The lowest BCUT2D eigenvalue weighted by Gasteiger charge is -2.25. The van der Waals surface area contributed by atoms with E-state index in [1.54, 1.807) is 0 Å². The van der Waals surface area contributed by atoms with Crippen molar-refractivity contribution in [3.05, 3.63) is 34.9 Å². The van der Waals surface area contributed by atoms with Crippen LogP contribution in [0.15, 0.2) is 24.3 Å². The SMILES string of the molecule is CC(C)NC(=O)[C@@H]1C[C@@H](NC2CCCCCCC2)CN1Cc1ccc(Cl)cc1. The fraction of sp³-hybridized carbons (Fsp3) is 0.696. The van der Waals surface area contributed by atoms with Gasteiger partial charge >= 0.3 is 0 Å². The van der Waals surface area contributed by atoms with Crippen LogP contribution >= 0.6 is 11.6 Å². The first kappa shape index (κ1) is 21.6. The monoisotopic (exact) mass is 405 g/mol. The van der Waals surface area contributed by atoms with Crippen LogP contribution in [0.5, 0.6) is 0 Å². The van der Waals surface area contributed by atoms with E-state index in [1.165, 1.54) is 50.5 Å². The Morgan fingerprint density at radius 1 is 1.07 bits per heavy atom. The Bertz CT molecular complexity index is 611. The number of nitrogens with one attached hydrogen (secondary N) is 2. The molecule has 0 radical (unpaired) electrons. The van der Waals surface area contributed by atoms with E-state index < -0.39 is 0 Å². The summed E-state index contributed by atoms with van der Waals surface area (Å²) in [6.45, 7) is 5.77. The standard InChI is InChI=1S/C23H36ClN3O/c1-17(2)25-23(28)22-14-21(26-20-8-6-4-3-5-7-9-20)16-27(22)15-18-10-12-19(24)13-11-18/h10-13,17,20-22,26H,3-9,14-16H2,1-2H3,(H,25,28)/t21-,22+/m1/s1. The van der Waals surface area contributed by atoms with Crippen molar-refractivity contribution < 1.29 is 4.79 Å². The maximum absolute atomic E-state index is 12.8. The highest BCUT2D eigenvalue weighted by molar-refractivity contribution is 6.30. The van der Waals surface area contributed by atoms with Gasteiger partial charge in [-0.2, -0.15) is 0 Å². The predicted molar refractivity (Wildman–Crippen MR) is 117 cm³/mol. The first-order valence-electron chi connectivity index (χ1n) is 11.1. The van der Waals surface area contributed by atoms with Gasteiger partial charge in [0.1, 0.15) is 0 Å². The molecule has 5 heteroatoms. The second-order valence-corrected chi connectivity index (χ2v) is 9.31. The molecule has 28 heavy (non-hydrogen) atoms. The average Bonchev–Trinajstić information content (AvgIpc) is 3.01. The zero-order valence-corrected chi connectivity index (χ0v) is 18.2. The third kappa shape index (κ3) is 6.47. The molecule has 0 unspecified atom stereocenters. The highest BCUT2D eigenvalue weighted by Gasteiger charge is 2.37. The maximum Gasteiger partial charge on any atom is 0.237 e. The molecule has 0 bridgehead atoms. The van der Waals surface area contributed by atoms with Crippen molar-refractivity contribution in [2.24, 2.45) is 0 Å². The Balaban J connectivity index is 1.64. The van der Waals surface area contributed by atoms with Gasteiger partial charge in [-0.1, -0.05) is 55.8 Å². The molecular formula is C23H36ClN3O. The molecule has 1 amide bonds. The first-order chi connectivity index (χ1) is 13.5. The Morgan fingerprint density at radius 3 is 2.36 bits per heavy atom. The summed E-state index contributed by atoms with van der Waals surface area (Å²) in [6.07, 6.45) is 10.2. The Kier molecular flexibility index (Phi) is 8.19. The highest BCUT2D eigenvalue weighted by atomic mass is 35.5. The minimum absolute atomic E-state index is 0.0656. The van der Waals surface area contributed by atoms with Crippen LogP contribution in [0, 0.1) is 0 Å². The number of rotatable bonds is 6. The molecule has 1 aromatic rings. The molecule has 1 saturated heterocycles. The minimum atomic E-state index is -0.0656. The molecule has 1 heterocycles. The predicted octanol–water partition coefficient (Wildman–Crippen LogP) is 4.51. The normalized spacial score (nSPS) is 24.9. The number of likely N-dealkylation sites (tertiary alicyclic amines) is 1. The number of nitrogens with zero attached hydrogens (tertiary/aromatic N) is 1. The van der Waals surface area contributed by atoms with E-state index in [0.717, 1.165) is 24.5 Å². The van der Waals surface area contributed by atoms with E-state index in [2.05, 4.69) is 27.7 Å². The summed E-state index contributed by atoms with van der Waals surface area (Å²) in [7, 11) is 0. The van der Waals surface area contributed by atoms with Crippen LogP contribution < -0.4 is 10.6 Å². The summed E-state index contributed by atoms with van der Waals surface area (Å²) >= 11 is 6.03. The number of hydrogen-bond donors (Lipinski definition) is 2. The molecule has 4 nitrogen and oxygen atoms in total. The Hall–Kier alpha value is -1.10. The fourth-order valence-corrected chi connectivity index (χ4v) is 4.76. The van der Waals surface area contributed by atoms with Crippen LogP contribution in [0.4, 0.5) is 0 Å². The largest absolute Gasteiger partial charge is 0.353 e. The Labute approximate surface area is 175 Å². The average molecular weight is 406 g/mol. The smallest absolute Gasteiger partial charge is 0.237 e. The molecule has 2 fully saturated rings. The molecule has 1 saturated carbocycles. The molecule has 1 aliphatic heterocycles. The summed E-state index contributed by atoms with van der Waals surface area (Å²) in [5.41, 5.74) is 1.21. The lowest BCUT2D eigenvalue weighted by Crippen LogP contribution is -2.45. The lowest BCUT2D eigenvalue weighted by molar-refractivity contribution is -0.126. The third-order valence-electron chi connectivity index (χ3n) is 6.01. The lowest BCUT2D eigenvalue weighted by atomic mass is 9.96. The van der Waals surface area contributed by atoms with Gasteiger partial charge in [-0.25, -0.2) is 0 Å². The van der Waals surface area contributed by atoms with Crippen LogP contribution in [0.1, 0.15) is 70.8 Å². The fourth-order valence-electron chi connectivity index (χ4n) is 4.63. The zero-order valence-electron chi connectivity index (χ0n) is 17.4. The van der Waals surface area contributed by atoms with Gasteiger partial charge in [-0.15, -0.1) is 0 Å². The van der Waals surface area contributed by atoms with Gasteiger partial charge in [0.15, 0.2) is 0 Å². The number of carbonyl (C=O) groups excluding carboxylic acids is 1. The van der Waals surface area contributed by atoms with E-state index in [1.807, 2.05) is 26.0 Å². The van der Waals surface area contributed by atoms with E-state index >= 15 is 0 Å². The summed E-state index contributed by atoms with van der Waals surface area (Å²) in [5, 5.41) is 7.78. The molecule has 0 spiro atoms. The Morgan fingerprint density at radius 2 is 1.71 bits per heavy atom. The first-order valence-corrected chi connectivity index (χ1v) is 11.4. The van der Waals surface area contributed by atoms with Gasteiger partial charge in [0.25, 0.3) is 0 Å². The third-order valence-corrected chi connectivity index (χ3v) is 6.26. The van der Waals surface area contributed by atoms with Crippen molar-refractivity contribution in [3.8, 4) is 0 Å². The number of halogens is 1. The molecule has 2 N–H and O–H groups in total. The summed E-state index contributed by atoms with van der Waals surface area (Å²) in [4.78, 5) is 15.2. The van der Waals surface area contributed by atoms with E-state index in [4.69, 9.17) is 11.6 Å².